The summed E-state index contributed by atoms with van der Waals surface area (Å²) in [5.74, 6) is 1.07. The second kappa shape index (κ2) is 9.11. The fraction of sp³-hybridized carbons (Fsp3) is 0.421. The Morgan fingerprint density at radius 2 is 1.96 bits per heavy atom. The van der Waals surface area contributed by atoms with Crippen LogP contribution in [-0.4, -0.2) is 47.1 Å². The molecule has 1 heterocycles. The summed E-state index contributed by atoms with van der Waals surface area (Å²) in [7, 11) is 3.09. The summed E-state index contributed by atoms with van der Waals surface area (Å²) in [4.78, 5) is 28.8. The Labute approximate surface area is 166 Å². The maximum atomic E-state index is 12.4. The van der Waals surface area contributed by atoms with E-state index in [0.717, 1.165) is 30.5 Å². The summed E-state index contributed by atoms with van der Waals surface area (Å²) in [5, 5.41) is 12.6. The molecule has 0 atom stereocenters. The normalized spacial score (nSPS) is 12.5. The number of amides is 1. The van der Waals surface area contributed by atoms with Crippen LogP contribution in [0.25, 0.3) is 0 Å². The predicted octanol–water partition coefficient (Wildman–Crippen LogP) is 1.47. The molecule has 1 aromatic heterocycles. The van der Waals surface area contributed by atoms with Gasteiger partial charge < -0.3 is 19.9 Å². The quantitative estimate of drug-likeness (QED) is 0.506. The number of carbonyl (C=O) groups excluding carboxylic acids is 1. The van der Waals surface area contributed by atoms with Crippen LogP contribution in [0.1, 0.15) is 17.7 Å². The number of thioether (sulfide) groups is 1. The fourth-order valence-corrected chi connectivity index (χ4v) is 4.12. The highest BCUT2D eigenvalue weighted by atomic mass is 32.2. The van der Waals surface area contributed by atoms with Crippen LogP contribution in [0.5, 0.6) is 11.5 Å². The molecule has 9 heteroatoms. The number of aliphatic hydroxyl groups excluding tert-OH is 1. The Kier molecular flexibility index (Phi) is 6.58. The molecule has 1 aliphatic rings. The van der Waals surface area contributed by atoms with E-state index in [1.807, 2.05) is 0 Å². The largest absolute Gasteiger partial charge is 0.497 e. The lowest BCUT2D eigenvalue weighted by Gasteiger charge is -2.13. The van der Waals surface area contributed by atoms with E-state index < -0.39 is 0 Å². The lowest BCUT2D eigenvalue weighted by atomic mass is 10.2. The van der Waals surface area contributed by atoms with Gasteiger partial charge in [0.15, 0.2) is 0 Å². The van der Waals surface area contributed by atoms with Gasteiger partial charge in [-0.1, -0.05) is 11.8 Å². The lowest BCUT2D eigenvalue weighted by molar-refractivity contribution is -0.113. The molecular formula is C19H23N3O5S. The van der Waals surface area contributed by atoms with Crippen molar-refractivity contribution in [1.29, 1.82) is 0 Å². The number of rotatable bonds is 8. The van der Waals surface area contributed by atoms with Gasteiger partial charge in [-0.05, 0) is 19.3 Å². The third-order valence-electron chi connectivity index (χ3n) is 4.50. The third-order valence-corrected chi connectivity index (χ3v) is 5.52. The van der Waals surface area contributed by atoms with Gasteiger partial charge >= 0.3 is 5.69 Å². The zero-order chi connectivity index (χ0) is 20.1. The van der Waals surface area contributed by atoms with E-state index in [9.17, 15) is 14.7 Å². The first-order chi connectivity index (χ1) is 13.5. The van der Waals surface area contributed by atoms with Crippen molar-refractivity contribution < 1.29 is 19.4 Å². The molecule has 150 valence electrons. The summed E-state index contributed by atoms with van der Waals surface area (Å²) in [6.07, 6.45) is 2.55. The molecule has 0 radical (unpaired) electrons. The Hall–Kier alpha value is -2.52. The topological polar surface area (TPSA) is 103 Å². The van der Waals surface area contributed by atoms with Crippen LogP contribution in [-0.2, 0) is 24.2 Å². The van der Waals surface area contributed by atoms with Crippen LogP contribution in [0, 0.1) is 0 Å². The number of ether oxygens (including phenoxy) is 2. The second-order valence-electron chi connectivity index (χ2n) is 6.29. The van der Waals surface area contributed by atoms with E-state index in [0.29, 0.717) is 22.2 Å². The summed E-state index contributed by atoms with van der Waals surface area (Å²) in [5.41, 5.74) is 2.12. The Morgan fingerprint density at radius 3 is 2.61 bits per heavy atom. The number of benzene rings is 1. The number of hydrogen-bond acceptors (Lipinski definition) is 7. The number of anilines is 1. The Morgan fingerprint density at radius 1 is 1.25 bits per heavy atom. The van der Waals surface area contributed by atoms with E-state index in [4.69, 9.17) is 9.47 Å². The highest BCUT2D eigenvalue weighted by molar-refractivity contribution is 8.00. The predicted molar refractivity (Wildman–Crippen MR) is 107 cm³/mol. The van der Waals surface area contributed by atoms with Crippen LogP contribution in [0.3, 0.4) is 0 Å². The van der Waals surface area contributed by atoms with Gasteiger partial charge in [0.05, 0.1) is 33.1 Å². The van der Waals surface area contributed by atoms with Crippen LogP contribution in [0.15, 0.2) is 28.0 Å². The molecule has 0 bridgehead atoms. The van der Waals surface area contributed by atoms with Crippen molar-refractivity contribution in [3.05, 3.63) is 39.9 Å². The van der Waals surface area contributed by atoms with Gasteiger partial charge in [-0.15, -0.1) is 0 Å². The second-order valence-corrected chi connectivity index (χ2v) is 7.26. The van der Waals surface area contributed by atoms with Crippen LogP contribution >= 0.6 is 11.8 Å². The smallest absolute Gasteiger partial charge is 0.348 e. The molecule has 1 amide bonds. The summed E-state index contributed by atoms with van der Waals surface area (Å²) in [6, 6.07) is 5.13. The molecule has 8 nitrogen and oxygen atoms in total. The number of nitrogens with zero attached hydrogens (tertiary/aromatic N) is 2. The number of nitrogens with one attached hydrogen (secondary N) is 1. The number of aromatic nitrogens is 2. The Balaban J connectivity index is 1.71. The molecule has 0 spiro atoms. The van der Waals surface area contributed by atoms with Gasteiger partial charge in [-0.3, -0.25) is 9.36 Å². The monoisotopic (exact) mass is 405 g/mol. The minimum absolute atomic E-state index is 0.104. The standard InChI is InChI=1S/C19H23N3O5S/c1-26-13-8-12(9-14(10-13)27-2)20-17(24)11-28-18-15-4-3-5-16(15)22(6-7-23)19(25)21-18/h8-10,23H,3-7,11H2,1-2H3,(H,20,24). The first-order valence-corrected chi connectivity index (χ1v) is 9.93. The van der Waals surface area contributed by atoms with Crippen molar-refractivity contribution >= 4 is 23.4 Å². The SMILES string of the molecule is COc1cc(NC(=O)CSc2nc(=O)n(CCO)c3c2CCC3)cc(OC)c1. The molecule has 1 aromatic carbocycles. The number of hydrogen-bond donors (Lipinski definition) is 2. The van der Waals surface area contributed by atoms with Crippen LogP contribution in [0.2, 0.25) is 0 Å². The minimum atomic E-state index is -0.379. The van der Waals surface area contributed by atoms with E-state index in [2.05, 4.69) is 10.3 Å². The summed E-state index contributed by atoms with van der Waals surface area (Å²) < 4.78 is 11.9. The van der Waals surface area contributed by atoms with Gasteiger partial charge in [0.2, 0.25) is 5.91 Å². The first-order valence-electron chi connectivity index (χ1n) is 8.95. The molecule has 0 unspecified atom stereocenters. The van der Waals surface area contributed by atoms with E-state index >= 15 is 0 Å². The minimum Gasteiger partial charge on any atom is -0.497 e. The number of fused-ring (bicyclic) bond motifs is 1. The van der Waals surface area contributed by atoms with Gasteiger partial charge in [-0.2, -0.15) is 4.98 Å². The molecule has 0 aliphatic heterocycles. The van der Waals surface area contributed by atoms with E-state index in [1.165, 1.54) is 16.3 Å². The zero-order valence-corrected chi connectivity index (χ0v) is 16.7. The fourth-order valence-electron chi connectivity index (χ4n) is 3.25. The molecule has 0 fully saturated rings. The van der Waals surface area contributed by atoms with E-state index in [-0.39, 0.29) is 30.5 Å². The maximum absolute atomic E-state index is 12.4. The zero-order valence-electron chi connectivity index (χ0n) is 15.9. The maximum Gasteiger partial charge on any atom is 0.348 e. The Bertz CT molecular complexity index is 906. The van der Waals surface area contributed by atoms with Crippen molar-refractivity contribution in [2.24, 2.45) is 0 Å². The van der Waals surface area contributed by atoms with Crippen molar-refractivity contribution in [2.75, 3.05) is 31.9 Å². The molecule has 28 heavy (non-hydrogen) atoms. The molecule has 1 aliphatic carbocycles. The van der Waals surface area contributed by atoms with Crippen molar-refractivity contribution in [2.45, 2.75) is 30.8 Å². The molecule has 0 saturated heterocycles. The molecule has 2 aromatic rings. The molecule has 0 saturated carbocycles. The summed E-state index contributed by atoms with van der Waals surface area (Å²) >= 11 is 1.25. The third kappa shape index (κ3) is 4.48. The highest BCUT2D eigenvalue weighted by Crippen LogP contribution is 2.30. The van der Waals surface area contributed by atoms with Crippen molar-refractivity contribution in [1.82, 2.24) is 9.55 Å². The number of aliphatic hydroxyl groups is 1. The molecule has 3 rings (SSSR count). The highest BCUT2D eigenvalue weighted by Gasteiger charge is 2.22. The summed E-state index contributed by atoms with van der Waals surface area (Å²) in [6.45, 7) is 0.143. The van der Waals surface area contributed by atoms with Crippen LogP contribution < -0.4 is 20.5 Å². The van der Waals surface area contributed by atoms with Gasteiger partial charge in [0, 0.05) is 35.1 Å². The molecular weight excluding hydrogens is 382 g/mol. The van der Waals surface area contributed by atoms with Crippen molar-refractivity contribution in [3.8, 4) is 11.5 Å². The van der Waals surface area contributed by atoms with Gasteiger partial charge in [-0.25, -0.2) is 4.79 Å². The van der Waals surface area contributed by atoms with E-state index in [1.54, 1.807) is 32.4 Å². The van der Waals surface area contributed by atoms with Gasteiger partial charge in [0.1, 0.15) is 16.5 Å². The number of methoxy groups -OCH3 is 2. The molecule has 2 N–H and O–H groups in total. The average molecular weight is 405 g/mol. The van der Waals surface area contributed by atoms with Crippen molar-refractivity contribution in [3.63, 3.8) is 0 Å². The van der Waals surface area contributed by atoms with Crippen LogP contribution in [0.4, 0.5) is 5.69 Å². The lowest BCUT2D eigenvalue weighted by Crippen LogP contribution is -2.28. The first kappa shape index (κ1) is 20.2. The number of carbonyl (C=O) groups is 1. The average Bonchev–Trinajstić information content (AvgIpc) is 3.18. The van der Waals surface area contributed by atoms with Gasteiger partial charge in [0.25, 0.3) is 0 Å².